The number of fused-ring (bicyclic) bond motifs is 1. The van der Waals surface area contributed by atoms with Crippen molar-refractivity contribution in [3.8, 4) is 10.4 Å². The number of aromatic nitrogens is 2. The van der Waals surface area contributed by atoms with Crippen molar-refractivity contribution in [2.75, 3.05) is 11.9 Å². The summed E-state index contributed by atoms with van der Waals surface area (Å²) < 4.78 is 1.29. The molecule has 0 fully saturated rings. The first-order chi connectivity index (χ1) is 11.8. The lowest BCUT2D eigenvalue weighted by molar-refractivity contribution is 0.867. The molecule has 0 unspecified atom stereocenters. The van der Waals surface area contributed by atoms with Gasteiger partial charge in [0.1, 0.15) is 0 Å². The summed E-state index contributed by atoms with van der Waals surface area (Å²) in [6.45, 7) is 0.795. The van der Waals surface area contributed by atoms with Crippen molar-refractivity contribution in [1.29, 1.82) is 0 Å². The Kier molecular flexibility index (Phi) is 3.97. The summed E-state index contributed by atoms with van der Waals surface area (Å²) in [5, 5.41) is 1.27. The molecule has 24 heavy (non-hydrogen) atoms. The maximum Gasteiger partial charge on any atom is 0.225 e. The number of rotatable bonds is 4. The van der Waals surface area contributed by atoms with Crippen molar-refractivity contribution in [2.24, 2.45) is 0 Å². The van der Waals surface area contributed by atoms with E-state index in [-0.39, 0.29) is 0 Å². The van der Waals surface area contributed by atoms with Crippen LogP contribution in [-0.4, -0.2) is 17.0 Å². The Hall–Kier alpha value is -2.72. The number of hydrogen-bond donors (Lipinski definition) is 0. The van der Waals surface area contributed by atoms with E-state index in [1.54, 1.807) is 11.3 Å². The van der Waals surface area contributed by atoms with Gasteiger partial charge < -0.3 is 4.90 Å². The van der Waals surface area contributed by atoms with Crippen molar-refractivity contribution >= 4 is 27.4 Å². The Balaban J connectivity index is 1.55. The minimum Gasteiger partial charge on any atom is -0.340 e. The molecule has 2 heterocycles. The van der Waals surface area contributed by atoms with E-state index in [4.69, 9.17) is 0 Å². The van der Waals surface area contributed by atoms with Crippen molar-refractivity contribution in [2.45, 2.75) is 6.54 Å². The molecule has 0 atom stereocenters. The maximum absolute atomic E-state index is 4.54. The first kappa shape index (κ1) is 14.8. The summed E-state index contributed by atoms with van der Waals surface area (Å²) in [6, 6.07) is 21.0. The molecule has 0 saturated carbocycles. The molecule has 4 heteroatoms. The molecule has 0 spiro atoms. The van der Waals surface area contributed by atoms with Gasteiger partial charge in [-0.25, -0.2) is 9.97 Å². The molecule has 0 N–H and O–H groups in total. The van der Waals surface area contributed by atoms with E-state index >= 15 is 0 Å². The molecule has 0 saturated heterocycles. The normalized spacial score (nSPS) is 10.9. The van der Waals surface area contributed by atoms with Crippen LogP contribution in [0.2, 0.25) is 0 Å². The van der Waals surface area contributed by atoms with Gasteiger partial charge in [0.2, 0.25) is 5.95 Å². The molecule has 2 aromatic heterocycles. The van der Waals surface area contributed by atoms with Crippen molar-refractivity contribution in [1.82, 2.24) is 9.97 Å². The highest BCUT2D eigenvalue weighted by atomic mass is 32.1. The molecule has 0 aliphatic carbocycles. The third-order valence-corrected chi connectivity index (χ3v) is 5.12. The Labute approximate surface area is 145 Å². The van der Waals surface area contributed by atoms with Crippen molar-refractivity contribution < 1.29 is 0 Å². The second-order valence-corrected chi connectivity index (χ2v) is 6.85. The third kappa shape index (κ3) is 3.01. The first-order valence-electron chi connectivity index (χ1n) is 7.86. The fourth-order valence-electron chi connectivity index (χ4n) is 2.70. The zero-order valence-corrected chi connectivity index (χ0v) is 14.2. The second-order valence-electron chi connectivity index (χ2n) is 5.76. The molecule has 3 nitrogen and oxygen atoms in total. The Morgan fingerprint density at radius 3 is 2.38 bits per heavy atom. The van der Waals surface area contributed by atoms with E-state index < -0.39 is 0 Å². The van der Waals surface area contributed by atoms with Gasteiger partial charge in [-0.2, -0.15) is 0 Å². The number of thiophene rings is 1. The number of benzene rings is 2. The number of nitrogens with zero attached hydrogens (tertiary/aromatic N) is 3. The zero-order chi connectivity index (χ0) is 16.4. The van der Waals surface area contributed by atoms with E-state index in [0.717, 1.165) is 18.1 Å². The van der Waals surface area contributed by atoms with E-state index in [2.05, 4.69) is 69.5 Å². The van der Waals surface area contributed by atoms with Gasteiger partial charge in [0, 0.05) is 41.1 Å². The number of anilines is 1. The average Bonchev–Trinajstić information content (AvgIpc) is 3.07. The first-order valence-corrected chi connectivity index (χ1v) is 8.67. The fourth-order valence-corrected chi connectivity index (χ4v) is 3.74. The fraction of sp³-hybridized carbons (Fsp3) is 0.100. The van der Waals surface area contributed by atoms with Gasteiger partial charge in [0.05, 0.1) is 0 Å². The summed E-state index contributed by atoms with van der Waals surface area (Å²) >= 11 is 1.77. The average molecular weight is 331 g/mol. The predicted molar refractivity (Wildman–Crippen MR) is 101 cm³/mol. The van der Waals surface area contributed by atoms with Gasteiger partial charge in [0.25, 0.3) is 0 Å². The van der Waals surface area contributed by atoms with Crippen LogP contribution in [0.4, 0.5) is 5.95 Å². The van der Waals surface area contributed by atoms with Gasteiger partial charge in [-0.15, -0.1) is 11.3 Å². The zero-order valence-electron chi connectivity index (χ0n) is 13.4. The molecule has 4 rings (SSSR count). The Bertz CT molecular complexity index is 912. The van der Waals surface area contributed by atoms with Crippen LogP contribution >= 0.6 is 11.3 Å². The van der Waals surface area contributed by atoms with Gasteiger partial charge in [-0.1, -0.05) is 48.5 Å². The smallest absolute Gasteiger partial charge is 0.225 e. The van der Waals surface area contributed by atoms with E-state index in [1.165, 1.54) is 20.5 Å². The van der Waals surface area contributed by atoms with Crippen molar-refractivity contribution in [3.05, 3.63) is 78.6 Å². The summed E-state index contributed by atoms with van der Waals surface area (Å²) in [5.74, 6) is 0.740. The van der Waals surface area contributed by atoms with Crippen LogP contribution in [-0.2, 0) is 6.54 Å². The molecule has 2 aromatic carbocycles. The van der Waals surface area contributed by atoms with Crippen LogP contribution < -0.4 is 4.90 Å². The number of hydrogen-bond acceptors (Lipinski definition) is 4. The van der Waals surface area contributed by atoms with E-state index in [9.17, 15) is 0 Å². The lowest BCUT2D eigenvalue weighted by Gasteiger charge is -2.16. The highest BCUT2D eigenvalue weighted by Gasteiger charge is 2.08. The van der Waals surface area contributed by atoms with Crippen LogP contribution in [0, 0.1) is 0 Å². The van der Waals surface area contributed by atoms with Crippen LogP contribution in [0.5, 0.6) is 0 Å². The summed E-state index contributed by atoms with van der Waals surface area (Å²) in [4.78, 5) is 12.3. The third-order valence-electron chi connectivity index (χ3n) is 3.95. The molecule has 0 aliphatic heterocycles. The molecule has 0 aliphatic rings. The van der Waals surface area contributed by atoms with Gasteiger partial charge in [-0.05, 0) is 23.1 Å². The van der Waals surface area contributed by atoms with Gasteiger partial charge in [0.15, 0.2) is 0 Å². The predicted octanol–water partition coefficient (Wildman–Crippen LogP) is 4.99. The topological polar surface area (TPSA) is 29.0 Å². The highest BCUT2D eigenvalue weighted by Crippen LogP contribution is 2.32. The second kappa shape index (κ2) is 6.42. The van der Waals surface area contributed by atoms with E-state index in [1.807, 2.05) is 25.5 Å². The van der Waals surface area contributed by atoms with Crippen molar-refractivity contribution in [3.63, 3.8) is 0 Å². The summed E-state index contributed by atoms with van der Waals surface area (Å²) in [5.41, 5.74) is 2.31. The maximum atomic E-state index is 4.54. The quantitative estimate of drug-likeness (QED) is 0.527. The van der Waals surface area contributed by atoms with Gasteiger partial charge >= 0.3 is 0 Å². The van der Waals surface area contributed by atoms with Crippen LogP contribution in [0.1, 0.15) is 5.56 Å². The largest absolute Gasteiger partial charge is 0.340 e. The standard InChI is InChI=1S/C20H17N3S/c1-23(14-15-7-3-2-4-8-15)20-21-12-17(13-22-20)19-11-16-9-5-6-10-18(16)24-19/h2-13H,14H2,1H3. The monoisotopic (exact) mass is 331 g/mol. The Morgan fingerprint density at radius 2 is 1.62 bits per heavy atom. The lowest BCUT2D eigenvalue weighted by atomic mass is 10.2. The summed E-state index contributed by atoms with van der Waals surface area (Å²) in [6.07, 6.45) is 3.82. The van der Waals surface area contributed by atoms with E-state index in [0.29, 0.717) is 0 Å². The summed E-state index contributed by atoms with van der Waals surface area (Å²) in [7, 11) is 2.02. The lowest BCUT2D eigenvalue weighted by Crippen LogP contribution is -2.18. The molecular weight excluding hydrogens is 314 g/mol. The minimum absolute atomic E-state index is 0.740. The molecular formula is C20H17N3S. The van der Waals surface area contributed by atoms with Gasteiger partial charge in [-0.3, -0.25) is 0 Å². The highest BCUT2D eigenvalue weighted by molar-refractivity contribution is 7.22. The minimum atomic E-state index is 0.740. The molecule has 118 valence electrons. The Morgan fingerprint density at radius 1 is 0.917 bits per heavy atom. The molecule has 0 radical (unpaired) electrons. The molecule has 0 bridgehead atoms. The molecule has 4 aromatic rings. The van der Waals surface area contributed by atoms with Crippen LogP contribution in [0.3, 0.4) is 0 Å². The molecule has 0 amide bonds. The van der Waals surface area contributed by atoms with Crippen LogP contribution in [0.25, 0.3) is 20.5 Å². The van der Waals surface area contributed by atoms with Crippen LogP contribution in [0.15, 0.2) is 73.1 Å². The SMILES string of the molecule is CN(Cc1ccccc1)c1ncc(-c2cc3ccccc3s2)cn1.